The van der Waals surface area contributed by atoms with E-state index in [1.807, 2.05) is 6.92 Å². The summed E-state index contributed by atoms with van der Waals surface area (Å²) < 4.78 is 41.2. The highest BCUT2D eigenvalue weighted by molar-refractivity contribution is 9.10. The van der Waals surface area contributed by atoms with Crippen LogP contribution in [0.1, 0.15) is 24.1 Å². The molecular formula is C15H13BrF3N. The summed E-state index contributed by atoms with van der Waals surface area (Å²) >= 11 is 3.16. The van der Waals surface area contributed by atoms with E-state index in [1.165, 1.54) is 12.1 Å². The Morgan fingerprint density at radius 1 is 1.05 bits per heavy atom. The minimum atomic E-state index is -0.624. The zero-order chi connectivity index (χ0) is 14.7. The molecule has 1 N–H and O–H groups in total. The number of hydrogen-bond acceptors (Lipinski definition) is 1. The van der Waals surface area contributed by atoms with Gasteiger partial charge in [0.2, 0.25) is 0 Å². The van der Waals surface area contributed by atoms with E-state index in [2.05, 4.69) is 21.2 Å². The first-order valence-electron chi connectivity index (χ1n) is 6.16. The summed E-state index contributed by atoms with van der Waals surface area (Å²) in [4.78, 5) is 0. The van der Waals surface area contributed by atoms with E-state index in [4.69, 9.17) is 0 Å². The number of rotatable bonds is 4. The summed E-state index contributed by atoms with van der Waals surface area (Å²) in [6.07, 6.45) is 0. The Morgan fingerprint density at radius 2 is 1.80 bits per heavy atom. The molecule has 1 atom stereocenters. The minimum Gasteiger partial charge on any atom is -0.306 e. The van der Waals surface area contributed by atoms with Gasteiger partial charge >= 0.3 is 0 Å². The lowest BCUT2D eigenvalue weighted by Gasteiger charge is -2.21. The van der Waals surface area contributed by atoms with Gasteiger partial charge in [0.05, 0.1) is 10.5 Å². The second-order valence-corrected chi connectivity index (χ2v) is 5.09. The Morgan fingerprint density at radius 3 is 2.50 bits per heavy atom. The third-order valence-electron chi connectivity index (χ3n) is 2.97. The molecule has 0 saturated carbocycles. The minimum absolute atomic E-state index is 0.151. The molecule has 0 radical (unpaired) electrons. The lowest BCUT2D eigenvalue weighted by atomic mass is 9.98. The van der Waals surface area contributed by atoms with Crippen LogP contribution in [0.4, 0.5) is 13.2 Å². The van der Waals surface area contributed by atoms with Crippen LogP contribution in [0.5, 0.6) is 0 Å². The van der Waals surface area contributed by atoms with Gasteiger partial charge in [-0.25, -0.2) is 13.2 Å². The summed E-state index contributed by atoms with van der Waals surface area (Å²) in [5, 5.41) is 3.05. The van der Waals surface area contributed by atoms with Crippen LogP contribution in [-0.2, 0) is 0 Å². The molecule has 106 valence electrons. The van der Waals surface area contributed by atoms with Gasteiger partial charge in [-0.2, -0.15) is 0 Å². The first-order valence-corrected chi connectivity index (χ1v) is 6.96. The van der Waals surface area contributed by atoms with Gasteiger partial charge in [0, 0.05) is 5.56 Å². The van der Waals surface area contributed by atoms with Crippen molar-refractivity contribution < 1.29 is 13.2 Å². The molecule has 2 aromatic rings. The van der Waals surface area contributed by atoms with Crippen LogP contribution < -0.4 is 5.32 Å². The highest BCUT2D eigenvalue weighted by Gasteiger charge is 2.21. The van der Waals surface area contributed by atoms with Gasteiger partial charge in [0.15, 0.2) is 0 Å². The van der Waals surface area contributed by atoms with E-state index < -0.39 is 23.5 Å². The Kier molecular flexibility index (Phi) is 4.83. The van der Waals surface area contributed by atoms with Gasteiger partial charge < -0.3 is 5.32 Å². The number of benzene rings is 2. The summed E-state index contributed by atoms with van der Waals surface area (Å²) in [5.74, 6) is -1.51. The van der Waals surface area contributed by atoms with E-state index >= 15 is 0 Å². The molecule has 1 nitrogen and oxygen atoms in total. The van der Waals surface area contributed by atoms with Gasteiger partial charge in [0.25, 0.3) is 0 Å². The van der Waals surface area contributed by atoms with Crippen LogP contribution in [0.2, 0.25) is 0 Å². The average molecular weight is 344 g/mol. The van der Waals surface area contributed by atoms with Crippen molar-refractivity contribution in [3.8, 4) is 0 Å². The smallest absolute Gasteiger partial charge is 0.137 e. The zero-order valence-electron chi connectivity index (χ0n) is 10.8. The Hall–Kier alpha value is -1.33. The van der Waals surface area contributed by atoms with Crippen molar-refractivity contribution in [2.75, 3.05) is 6.54 Å². The molecular weight excluding hydrogens is 331 g/mol. The second-order valence-electron chi connectivity index (χ2n) is 4.30. The quantitative estimate of drug-likeness (QED) is 0.857. The molecule has 0 heterocycles. The number of hydrogen-bond donors (Lipinski definition) is 1. The molecule has 0 bridgehead atoms. The fourth-order valence-corrected chi connectivity index (χ4v) is 2.56. The largest absolute Gasteiger partial charge is 0.306 e. The molecule has 2 rings (SSSR count). The highest BCUT2D eigenvalue weighted by atomic mass is 79.9. The van der Waals surface area contributed by atoms with Gasteiger partial charge in [-0.15, -0.1) is 0 Å². The summed E-state index contributed by atoms with van der Waals surface area (Å²) in [6, 6.07) is 7.14. The molecule has 0 fully saturated rings. The fraction of sp³-hybridized carbons (Fsp3) is 0.200. The maximum Gasteiger partial charge on any atom is 0.137 e. The molecule has 0 aliphatic rings. The van der Waals surface area contributed by atoms with Gasteiger partial charge in [-0.05, 0) is 52.3 Å². The standard InChI is InChI=1S/C15H13BrF3N/c1-2-20-15(10-4-3-5-13(19)14(10)16)11-8-9(17)6-7-12(11)18/h3-8,15,20H,2H2,1H3. The molecule has 1 unspecified atom stereocenters. The third kappa shape index (κ3) is 3.04. The van der Waals surface area contributed by atoms with Crippen LogP contribution >= 0.6 is 15.9 Å². The summed E-state index contributed by atoms with van der Waals surface area (Å²) in [6.45, 7) is 2.38. The molecule has 0 aliphatic carbocycles. The molecule has 0 saturated heterocycles. The van der Waals surface area contributed by atoms with Crippen molar-refractivity contribution in [2.45, 2.75) is 13.0 Å². The van der Waals surface area contributed by atoms with Crippen LogP contribution in [-0.4, -0.2) is 6.54 Å². The van der Waals surface area contributed by atoms with Crippen molar-refractivity contribution in [2.24, 2.45) is 0 Å². The normalized spacial score (nSPS) is 12.4. The SMILES string of the molecule is CCNC(c1cc(F)ccc1F)c1cccc(F)c1Br. The number of nitrogens with one attached hydrogen (secondary N) is 1. The average Bonchev–Trinajstić information content (AvgIpc) is 2.43. The molecule has 5 heteroatoms. The second kappa shape index (κ2) is 6.41. The monoisotopic (exact) mass is 343 g/mol. The Balaban J connectivity index is 2.56. The van der Waals surface area contributed by atoms with E-state index in [0.29, 0.717) is 12.1 Å². The van der Waals surface area contributed by atoms with Crippen molar-refractivity contribution in [3.05, 3.63) is 69.4 Å². The summed E-state index contributed by atoms with van der Waals surface area (Å²) in [7, 11) is 0. The van der Waals surface area contributed by atoms with Crippen molar-refractivity contribution in [1.82, 2.24) is 5.32 Å². The van der Waals surface area contributed by atoms with Crippen molar-refractivity contribution >= 4 is 15.9 Å². The van der Waals surface area contributed by atoms with Gasteiger partial charge in [-0.3, -0.25) is 0 Å². The van der Waals surface area contributed by atoms with Crippen LogP contribution in [0.3, 0.4) is 0 Å². The molecule has 0 aliphatic heterocycles. The molecule has 0 amide bonds. The fourth-order valence-electron chi connectivity index (χ4n) is 2.07. The highest BCUT2D eigenvalue weighted by Crippen LogP contribution is 2.31. The zero-order valence-corrected chi connectivity index (χ0v) is 12.3. The molecule has 0 spiro atoms. The summed E-state index contributed by atoms with van der Waals surface area (Å²) in [5.41, 5.74) is 0.675. The van der Waals surface area contributed by atoms with E-state index in [0.717, 1.165) is 18.2 Å². The van der Waals surface area contributed by atoms with Crippen molar-refractivity contribution in [3.63, 3.8) is 0 Å². The van der Waals surface area contributed by atoms with E-state index in [1.54, 1.807) is 6.07 Å². The lowest BCUT2D eigenvalue weighted by molar-refractivity contribution is 0.540. The first-order chi connectivity index (χ1) is 9.54. The molecule has 20 heavy (non-hydrogen) atoms. The third-order valence-corrected chi connectivity index (χ3v) is 3.81. The van der Waals surface area contributed by atoms with Gasteiger partial charge in [-0.1, -0.05) is 19.1 Å². The van der Waals surface area contributed by atoms with Crippen molar-refractivity contribution in [1.29, 1.82) is 0 Å². The Bertz CT molecular complexity index is 614. The predicted molar refractivity (Wildman–Crippen MR) is 76.0 cm³/mol. The van der Waals surface area contributed by atoms with Crippen LogP contribution in [0.25, 0.3) is 0 Å². The maximum absolute atomic E-state index is 13.9. The first kappa shape index (κ1) is 15.1. The van der Waals surface area contributed by atoms with Crippen LogP contribution in [0.15, 0.2) is 40.9 Å². The molecule has 0 aromatic heterocycles. The topological polar surface area (TPSA) is 12.0 Å². The van der Waals surface area contributed by atoms with Crippen LogP contribution in [0, 0.1) is 17.5 Å². The van der Waals surface area contributed by atoms with Gasteiger partial charge in [0.1, 0.15) is 17.5 Å². The van der Waals surface area contributed by atoms with E-state index in [9.17, 15) is 13.2 Å². The van der Waals surface area contributed by atoms with E-state index in [-0.39, 0.29) is 10.0 Å². The predicted octanol–water partition coefficient (Wildman–Crippen LogP) is 4.57. The molecule has 2 aromatic carbocycles. The Labute approximate surface area is 123 Å². The maximum atomic E-state index is 13.9. The number of halogens is 4. The lowest BCUT2D eigenvalue weighted by Crippen LogP contribution is -2.23.